The second-order valence-corrected chi connectivity index (χ2v) is 5.97. The van der Waals surface area contributed by atoms with Crippen molar-refractivity contribution >= 4 is 5.95 Å². The Morgan fingerprint density at radius 2 is 1.92 bits per heavy atom. The zero-order valence-electron chi connectivity index (χ0n) is 13.3. The summed E-state index contributed by atoms with van der Waals surface area (Å²) in [4.78, 5) is 12.9. The molecular formula is C16H14F2N6O. The van der Waals surface area contributed by atoms with Gasteiger partial charge in [-0.05, 0) is 37.5 Å². The molecule has 0 spiro atoms. The van der Waals surface area contributed by atoms with E-state index in [9.17, 15) is 8.78 Å². The zero-order chi connectivity index (χ0) is 17.4. The van der Waals surface area contributed by atoms with Crippen molar-refractivity contribution in [3.63, 3.8) is 0 Å². The molecule has 25 heavy (non-hydrogen) atoms. The summed E-state index contributed by atoms with van der Waals surface area (Å²) in [6.45, 7) is 2.02. The second-order valence-electron chi connectivity index (χ2n) is 5.97. The van der Waals surface area contributed by atoms with Crippen LogP contribution in [0.4, 0.5) is 14.7 Å². The molecule has 0 unspecified atom stereocenters. The number of nitrogens with zero attached hydrogens (tertiary/aromatic N) is 5. The van der Waals surface area contributed by atoms with Crippen LogP contribution in [0.3, 0.4) is 0 Å². The number of hydrogen-bond donors (Lipinski definition) is 1. The van der Waals surface area contributed by atoms with E-state index >= 15 is 0 Å². The monoisotopic (exact) mass is 344 g/mol. The molecule has 0 radical (unpaired) electrons. The van der Waals surface area contributed by atoms with Crippen LogP contribution < -0.4 is 5.32 Å². The fourth-order valence-corrected chi connectivity index (χ4v) is 2.52. The highest BCUT2D eigenvalue weighted by molar-refractivity contribution is 5.51. The quantitative estimate of drug-likeness (QED) is 0.759. The number of aromatic nitrogens is 5. The van der Waals surface area contributed by atoms with E-state index in [-0.39, 0.29) is 11.4 Å². The minimum Gasteiger partial charge on any atom is -0.415 e. The number of aryl methyl sites for hydroxylation is 1. The van der Waals surface area contributed by atoms with Gasteiger partial charge >= 0.3 is 6.43 Å². The van der Waals surface area contributed by atoms with Gasteiger partial charge in [-0.25, -0.2) is 9.97 Å². The van der Waals surface area contributed by atoms with Crippen LogP contribution in [0.25, 0.3) is 11.5 Å². The van der Waals surface area contributed by atoms with E-state index in [2.05, 4.69) is 30.5 Å². The van der Waals surface area contributed by atoms with E-state index in [4.69, 9.17) is 4.42 Å². The first-order valence-corrected chi connectivity index (χ1v) is 7.71. The van der Waals surface area contributed by atoms with Gasteiger partial charge in [0.25, 0.3) is 11.8 Å². The standard InChI is InChI=1S/C16H14F2N6O/c1-9-2-5-19-11(6-9)16(3-4-16)22-15-20-7-10(8-21-15)13-23-24-14(25-13)12(17)18/h2,5-8,12H,3-4H2,1H3,(H,20,21,22). The molecule has 3 aromatic heterocycles. The molecule has 0 aromatic carbocycles. The maximum Gasteiger partial charge on any atom is 0.314 e. The largest absolute Gasteiger partial charge is 0.415 e. The number of pyridine rings is 1. The minimum atomic E-state index is -2.81. The van der Waals surface area contributed by atoms with Crippen molar-refractivity contribution in [2.75, 3.05) is 5.32 Å². The van der Waals surface area contributed by atoms with Crippen LogP contribution in [0.2, 0.25) is 0 Å². The molecule has 0 amide bonds. The highest BCUT2D eigenvalue weighted by atomic mass is 19.3. The van der Waals surface area contributed by atoms with E-state index in [1.807, 2.05) is 19.1 Å². The first-order valence-electron chi connectivity index (χ1n) is 7.71. The van der Waals surface area contributed by atoms with Crippen molar-refractivity contribution in [1.29, 1.82) is 0 Å². The predicted octanol–water partition coefficient (Wildman–Crippen LogP) is 3.27. The fraction of sp³-hybridized carbons (Fsp3) is 0.312. The Bertz CT molecular complexity index is 892. The Morgan fingerprint density at radius 1 is 1.16 bits per heavy atom. The summed E-state index contributed by atoms with van der Waals surface area (Å²) in [5.74, 6) is -0.332. The predicted molar refractivity (Wildman–Crippen MR) is 83.8 cm³/mol. The lowest BCUT2D eigenvalue weighted by molar-refractivity contribution is 0.116. The van der Waals surface area contributed by atoms with Crippen LogP contribution >= 0.6 is 0 Å². The minimum absolute atomic E-state index is 0.0386. The second kappa shape index (κ2) is 5.83. The van der Waals surface area contributed by atoms with Crippen molar-refractivity contribution in [3.8, 4) is 11.5 Å². The smallest absolute Gasteiger partial charge is 0.314 e. The van der Waals surface area contributed by atoms with Crippen molar-refractivity contribution in [3.05, 3.63) is 47.9 Å². The van der Waals surface area contributed by atoms with Gasteiger partial charge in [0.1, 0.15) is 0 Å². The maximum atomic E-state index is 12.5. The fourth-order valence-electron chi connectivity index (χ4n) is 2.52. The molecule has 1 aliphatic rings. The lowest BCUT2D eigenvalue weighted by Gasteiger charge is -2.17. The first-order chi connectivity index (χ1) is 12.1. The molecule has 0 saturated heterocycles. The van der Waals surface area contributed by atoms with Gasteiger partial charge < -0.3 is 9.73 Å². The average Bonchev–Trinajstić information content (AvgIpc) is 3.20. The van der Waals surface area contributed by atoms with Crippen molar-refractivity contribution in [2.45, 2.75) is 31.7 Å². The van der Waals surface area contributed by atoms with Crippen LogP contribution in [-0.2, 0) is 5.54 Å². The van der Waals surface area contributed by atoms with Crippen LogP contribution in [-0.4, -0.2) is 25.1 Å². The van der Waals surface area contributed by atoms with Gasteiger partial charge in [0.15, 0.2) is 0 Å². The molecule has 1 N–H and O–H groups in total. The van der Waals surface area contributed by atoms with Gasteiger partial charge in [-0.1, -0.05) is 0 Å². The summed E-state index contributed by atoms with van der Waals surface area (Å²) in [6.07, 6.45) is 3.77. The van der Waals surface area contributed by atoms with Gasteiger partial charge in [-0.15, -0.1) is 10.2 Å². The van der Waals surface area contributed by atoms with E-state index < -0.39 is 12.3 Å². The number of alkyl halides is 2. The van der Waals surface area contributed by atoms with Crippen molar-refractivity contribution < 1.29 is 13.2 Å². The van der Waals surface area contributed by atoms with Crippen molar-refractivity contribution in [2.24, 2.45) is 0 Å². The molecule has 128 valence electrons. The van der Waals surface area contributed by atoms with Crippen molar-refractivity contribution in [1.82, 2.24) is 25.1 Å². The van der Waals surface area contributed by atoms with Gasteiger partial charge in [-0.3, -0.25) is 4.98 Å². The molecule has 3 aromatic rings. The van der Waals surface area contributed by atoms with Gasteiger partial charge in [0, 0.05) is 18.6 Å². The van der Waals surface area contributed by atoms with Crippen LogP contribution in [0, 0.1) is 6.92 Å². The molecule has 9 heteroatoms. The van der Waals surface area contributed by atoms with Gasteiger partial charge in [0.2, 0.25) is 5.95 Å². The topological polar surface area (TPSA) is 89.6 Å². The first kappa shape index (κ1) is 15.6. The summed E-state index contributed by atoms with van der Waals surface area (Å²) >= 11 is 0. The Kier molecular flexibility index (Phi) is 3.63. The third-order valence-corrected chi connectivity index (χ3v) is 4.03. The average molecular weight is 344 g/mol. The molecule has 4 rings (SSSR count). The van der Waals surface area contributed by atoms with E-state index in [1.165, 1.54) is 12.4 Å². The number of rotatable bonds is 5. The third kappa shape index (κ3) is 3.04. The highest BCUT2D eigenvalue weighted by Crippen LogP contribution is 2.47. The summed E-state index contributed by atoms with van der Waals surface area (Å²) in [5.41, 5.74) is 2.23. The number of hydrogen-bond acceptors (Lipinski definition) is 7. The van der Waals surface area contributed by atoms with Crippen LogP contribution in [0.5, 0.6) is 0 Å². The summed E-state index contributed by atoms with van der Waals surface area (Å²) in [5, 5.41) is 10.2. The van der Waals surface area contributed by atoms with Crippen LogP contribution in [0.1, 0.15) is 36.4 Å². The van der Waals surface area contributed by atoms with E-state index in [0.29, 0.717) is 11.5 Å². The number of anilines is 1. The Morgan fingerprint density at radius 3 is 2.52 bits per heavy atom. The zero-order valence-corrected chi connectivity index (χ0v) is 13.3. The molecule has 0 bridgehead atoms. The Hall–Kier alpha value is -2.97. The highest BCUT2D eigenvalue weighted by Gasteiger charge is 2.46. The van der Waals surface area contributed by atoms with E-state index in [1.54, 1.807) is 6.20 Å². The summed E-state index contributed by atoms with van der Waals surface area (Å²) in [6, 6.07) is 3.99. The molecule has 1 aliphatic carbocycles. The molecular weight excluding hydrogens is 330 g/mol. The van der Waals surface area contributed by atoms with E-state index in [0.717, 1.165) is 24.1 Å². The van der Waals surface area contributed by atoms with Gasteiger partial charge in [0.05, 0.1) is 16.8 Å². The molecule has 3 heterocycles. The number of nitrogens with one attached hydrogen (secondary N) is 1. The molecule has 0 aliphatic heterocycles. The van der Waals surface area contributed by atoms with Crippen LogP contribution in [0.15, 0.2) is 35.1 Å². The summed E-state index contributed by atoms with van der Waals surface area (Å²) in [7, 11) is 0. The molecule has 0 atom stereocenters. The Labute approximate surface area is 141 Å². The lowest BCUT2D eigenvalue weighted by Crippen LogP contribution is -2.21. The lowest BCUT2D eigenvalue weighted by atomic mass is 10.1. The molecule has 1 fully saturated rings. The van der Waals surface area contributed by atoms with Gasteiger partial charge in [-0.2, -0.15) is 8.78 Å². The normalized spacial score (nSPS) is 15.4. The molecule has 7 nitrogen and oxygen atoms in total. The molecule has 1 saturated carbocycles. The Balaban J connectivity index is 1.52. The third-order valence-electron chi connectivity index (χ3n) is 4.03. The maximum absolute atomic E-state index is 12.5. The summed E-state index contributed by atoms with van der Waals surface area (Å²) < 4.78 is 29.9. The number of halogens is 2. The SMILES string of the molecule is Cc1ccnc(C2(Nc3ncc(-c4nnc(C(F)F)o4)cn3)CC2)c1.